The molecule has 29 heavy (non-hydrogen) atoms. The third-order valence-electron chi connectivity index (χ3n) is 4.51. The molecule has 1 aliphatic rings. The van der Waals surface area contributed by atoms with Crippen molar-refractivity contribution in [1.29, 1.82) is 0 Å². The second kappa shape index (κ2) is 9.54. The molecule has 8 heteroatoms. The standard InChI is InChI=1S/C21H22F4N2O2/c1-4-5-6-18(16-9-11-27(12-10-16)20(28)14(2)22)15(3)29-17-7-8-19(26-13-17)21(23,24)25/h4-8,13,16H,2-3,9-12H2,1H3/b5-4-,18-6+. The van der Waals surface area contributed by atoms with Crippen molar-refractivity contribution >= 4 is 5.91 Å². The minimum atomic E-state index is -4.52. The lowest BCUT2D eigenvalue weighted by Crippen LogP contribution is -2.39. The van der Waals surface area contributed by atoms with Gasteiger partial charge < -0.3 is 9.64 Å². The summed E-state index contributed by atoms with van der Waals surface area (Å²) in [5, 5.41) is 0. The molecule has 4 nitrogen and oxygen atoms in total. The van der Waals surface area contributed by atoms with E-state index in [0.29, 0.717) is 25.9 Å². The zero-order valence-corrected chi connectivity index (χ0v) is 16.0. The average molecular weight is 410 g/mol. The molecule has 0 aliphatic carbocycles. The van der Waals surface area contributed by atoms with Gasteiger partial charge in [-0.3, -0.25) is 4.79 Å². The molecule has 0 atom stereocenters. The molecule has 0 aromatic carbocycles. The lowest BCUT2D eigenvalue weighted by molar-refractivity contribution is -0.141. The second-order valence-corrected chi connectivity index (χ2v) is 6.52. The summed E-state index contributed by atoms with van der Waals surface area (Å²) in [6.07, 6.45) is 3.04. The number of hydrogen-bond acceptors (Lipinski definition) is 3. The number of carbonyl (C=O) groups excluding carboxylic acids is 1. The number of halogens is 4. The predicted octanol–water partition coefficient (Wildman–Crippen LogP) is 5.22. The van der Waals surface area contributed by atoms with Crippen molar-refractivity contribution in [3.63, 3.8) is 0 Å². The molecule has 0 bridgehead atoms. The van der Waals surface area contributed by atoms with Crippen LogP contribution in [0.2, 0.25) is 0 Å². The van der Waals surface area contributed by atoms with Gasteiger partial charge in [0.1, 0.15) is 17.2 Å². The highest BCUT2D eigenvalue weighted by molar-refractivity contribution is 5.90. The molecule has 0 unspecified atom stereocenters. The van der Waals surface area contributed by atoms with E-state index in [9.17, 15) is 22.4 Å². The Labute approximate surface area is 166 Å². The number of pyridine rings is 1. The van der Waals surface area contributed by atoms with E-state index in [1.165, 1.54) is 11.0 Å². The first-order chi connectivity index (χ1) is 13.6. The Bertz CT molecular complexity index is 818. The molecule has 1 aromatic heterocycles. The van der Waals surface area contributed by atoms with Crippen molar-refractivity contribution < 1.29 is 27.1 Å². The van der Waals surface area contributed by atoms with Gasteiger partial charge in [0, 0.05) is 13.1 Å². The van der Waals surface area contributed by atoms with Crippen molar-refractivity contribution in [3.8, 4) is 5.75 Å². The van der Waals surface area contributed by atoms with E-state index in [-0.39, 0.29) is 17.4 Å². The molecule has 0 saturated carbocycles. The number of alkyl halides is 3. The molecule has 1 fully saturated rings. The number of aromatic nitrogens is 1. The minimum Gasteiger partial charge on any atom is -0.456 e. The molecular weight excluding hydrogens is 388 g/mol. The third kappa shape index (κ3) is 6.04. The van der Waals surface area contributed by atoms with Gasteiger partial charge in [-0.1, -0.05) is 31.4 Å². The van der Waals surface area contributed by atoms with Gasteiger partial charge >= 0.3 is 6.18 Å². The second-order valence-electron chi connectivity index (χ2n) is 6.52. The summed E-state index contributed by atoms with van der Waals surface area (Å²) in [5.74, 6) is -1.29. The summed E-state index contributed by atoms with van der Waals surface area (Å²) in [6.45, 7) is 9.49. The average Bonchev–Trinajstić information content (AvgIpc) is 2.68. The number of amides is 1. The van der Waals surface area contributed by atoms with Crippen LogP contribution in [-0.2, 0) is 11.0 Å². The van der Waals surface area contributed by atoms with Gasteiger partial charge in [0.05, 0.1) is 6.20 Å². The highest BCUT2D eigenvalue weighted by atomic mass is 19.4. The quantitative estimate of drug-likeness (QED) is 0.280. The van der Waals surface area contributed by atoms with Gasteiger partial charge in [0.25, 0.3) is 5.91 Å². The summed E-state index contributed by atoms with van der Waals surface area (Å²) in [6, 6.07) is 2.02. The van der Waals surface area contributed by atoms with Crippen LogP contribution in [0.1, 0.15) is 25.5 Å². The predicted molar refractivity (Wildman–Crippen MR) is 101 cm³/mol. The molecule has 1 saturated heterocycles. The van der Waals surface area contributed by atoms with E-state index in [1.807, 2.05) is 19.1 Å². The summed E-state index contributed by atoms with van der Waals surface area (Å²) in [7, 11) is 0. The fraction of sp³-hybridized carbons (Fsp3) is 0.333. The van der Waals surface area contributed by atoms with Crippen LogP contribution in [0, 0.1) is 5.92 Å². The molecule has 2 rings (SSSR count). The van der Waals surface area contributed by atoms with E-state index >= 15 is 0 Å². The normalized spacial score (nSPS) is 16.2. The maximum absolute atomic E-state index is 13.1. The summed E-state index contributed by atoms with van der Waals surface area (Å²) < 4.78 is 56.6. The molecule has 0 radical (unpaired) electrons. The zero-order valence-electron chi connectivity index (χ0n) is 16.0. The smallest absolute Gasteiger partial charge is 0.433 e. The Morgan fingerprint density at radius 3 is 2.41 bits per heavy atom. The van der Waals surface area contributed by atoms with Gasteiger partial charge in [-0.2, -0.15) is 13.2 Å². The van der Waals surface area contributed by atoms with Gasteiger partial charge in [-0.25, -0.2) is 9.37 Å². The lowest BCUT2D eigenvalue weighted by Gasteiger charge is -2.33. The fourth-order valence-corrected chi connectivity index (χ4v) is 3.03. The monoisotopic (exact) mass is 410 g/mol. The number of hydrogen-bond donors (Lipinski definition) is 0. The summed E-state index contributed by atoms with van der Waals surface area (Å²) in [5.41, 5.74) is -0.249. The van der Waals surface area contributed by atoms with Crippen molar-refractivity contribution in [3.05, 3.63) is 72.6 Å². The van der Waals surface area contributed by atoms with Crippen LogP contribution in [0.5, 0.6) is 5.75 Å². The van der Waals surface area contributed by atoms with E-state index in [0.717, 1.165) is 17.8 Å². The van der Waals surface area contributed by atoms with E-state index in [2.05, 4.69) is 18.1 Å². The number of ether oxygens (including phenoxy) is 1. The van der Waals surface area contributed by atoms with Crippen LogP contribution in [0.4, 0.5) is 17.6 Å². The van der Waals surface area contributed by atoms with Crippen LogP contribution in [0.25, 0.3) is 0 Å². The Morgan fingerprint density at radius 1 is 1.28 bits per heavy atom. The van der Waals surface area contributed by atoms with Crippen molar-refractivity contribution in [1.82, 2.24) is 9.88 Å². The van der Waals surface area contributed by atoms with Crippen molar-refractivity contribution in [2.75, 3.05) is 13.1 Å². The van der Waals surface area contributed by atoms with Crippen LogP contribution in [0.15, 0.2) is 66.9 Å². The highest BCUT2D eigenvalue weighted by Crippen LogP contribution is 2.32. The maximum Gasteiger partial charge on any atom is 0.433 e. The maximum atomic E-state index is 13.1. The Balaban J connectivity index is 2.09. The first-order valence-corrected chi connectivity index (χ1v) is 9.00. The Kier molecular flexibility index (Phi) is 7.36. The van der Waals surface area contributed by atoms with Crippen LogP contribution in [-0.4, -0.2) is 28.9 Å². The fourth-order valence-electron chi connectivity index (χ4n) is 3.03. The molecule has 2 heterocycles. The largest absolute Gasteiger partial charge is 0.456 e. The van der Waals surface area contributed by atoms with Crippen LogP contribution in [0.3, 0.4) is 0 Å². The molecule has 0 spiro atoms. The van der Waals surface area contributed by atoms with Crippen LogP contribution < -0.4 is 4.74 Å². The minimum absolute atomic E-state index is 0.00182. The molecular formula is C21H22F4N2O2. The number of rotatable bonds is 6. The van der Waals surface area contributed by atoms with Gasteiger partial charge in [-0.05, 0) is 43.4 Å². The topological polar surface area (TPSA) is 42.4 Å². The number of carbonyl (C=O) groups is 1. The molecule has 1 amide bonds. The van der Waals surface area contributed by atoms with Crippen molar-refractivity contribution in [2.24, 2.45) is 5.92 Å². The number of likely N-dealkylation sites (tertiary alicyclic amines) is 1. The first kappa shape index (κ1) is 22.4. The number of allylic oxidation sites excluding steroid dienone is 4. The van der Waals surface area contributed by atoms with E-state index in [1.54, 1.807) is 6.08 Å². The first-order valence-electron chi connectivity index (χ1n) is 9.00. The van der Waals surface area contributed by atoms with E-state index in [4.69, 9.17) is 4.74 Å². The highest BCUT2D eigenvalue weighted by Gasteiger charge is 2.32. The molecule has 1 aromatic rings. The van der Waals surface area contributed by atoms with Gasteiger partial charge in [-0.15, -0.1) is 0 Å². The van der Waals surface area contributed by atoms with Crippen LogP contribution >= 0.6 is 0 Å². The zero-order chi connectivity index (χ0) is 21.6. The SMILES string of the molecule is C=C(F)C(=O)N1CCC(/C(=C/C=C\C)C(=C)Oc2ccc(C(F)(F)F)nc2)CC1. The van der Waals surface area contributed by atoms with Gasteiger partial charge in [0.2, 0.25) is 0 Å². The Hall–Kier alpha value is -2.90. The molecule has 1 aliphatic heterocycles. The Morgan fingerprint density at radius 2 is 1.93 bits per heavy atom. The third-order valence-corrected chi connectivity index (χ3v) is 4.51. The summed E-state index contributed by atoms with van der Waals surface area (Å²) >= 11 is 0. The lowest BCUT2D eigenvalue weighted by atomic mass is 9.87. The molecule has 156 valence electrons. The number of nitrogens with zero attached hydrogens (tertiary/aromatic N) is 2. The van der Waals surface area contributed by atoms with Crippen molar-refractivity contribution in [2.45, 2.75) is 25.9 Å². The summed E-state index contributed by atoms with van der Waals surface area (Å²) in [4.78, 5) is 16.5. The van der Waals surface area contributed by atoms with Gasteiger partial charge in [0.15, 0.2) is 5.83 Å². The molecule has 0 N–H and O–H groups in total. The number of piperidine rings is 1. The van der Waals surface area contributed by atoms with E-state index < -0.39 is 23.6 Å².